The van der Waals surface area contributed by atoms with E-state index in [0.29, 0.717) is 0 Å². The van der Waals surface area contributed by atoms with Crippen LogP contribution in [0.5, 0.6) is 0 Å². The molecule has 0 bridgehead atoms. The van der Waals surface area contributed by atoms with E-state index in [1.54, 1.807) is 11.3 Å². The molecule has 18 heavy (non-hydrogen) atoms. The Morgan fingerprint density at radius 3 is 2.94 bits per heavy atom. The fourth-order valence-corrected chi connectivity index (χ4v) is 3.39. The van der Waals surface area contributed by atoms with Crippen molar-refractivity contribution in [2.24, 2.45) is 11.8 Å². The lowest BCUT2D eigenvalue weighted by molar-refractivity contribution is 0.324. The van der Waals surface area contributed by atoms with Crippen LogP contribution in [0.3, 0.4) is 0 Å². The first-order chi connectivity index (χ1) is 8.66. The minimum Gasteiger partial charge on any atom is -0.395 e. The monoisotopic (exact) mass is 261 g/mol. The maximum atomic E-state index is 6.28. The molecule has 0 radical (unpaired) electrons. The van der Waals surface area contributed by atoms with E-state index >= 15 is 0 Å². The topological polar surface area (TPSA) is 42.2 Å². The molecule has 1 aliphatic heterocycles. The summed E-state index contributed by atoms with van der Waals surface area (Å²) in [5.74, 6) is 1.54. The average molecular weight is 261 g/mol. The van der Waals surface area contributed by atoms with Gasteiger partial charge >= 0.3 is 0 Å². The standard InChI is InChI=1S/C14H19N3S/c1-9-5-6-17(7-10(9)2)11-3-4-12-14(13(11)15)16-8-18-12/h3-4,8-10H,5-7,15H2,1-2H3. The second kappa shape index (κ2) is 4.43. The summed E-state index contributed by atoms with van der Waals surface area (Å²) in [5, 5.41) is 0. The van der Waals surface area contributed by atoms with Crippen LogP contribution in [0.2, 0.25) is 0 Å². The van der Waals surface area contributed by atoms with Crippen LogP contribution in [0, 0.1) is 11.8 Å². The van der Waals surface area contributed by atoms with Crippen LogP contribution < -0.4 is 10.6 Å². The first kappa shape index (κ1) is 11.8. The van der Waals surface area contributed by atoms with E-state index in [2.05, 4.69) is 35.9 Å². The number of nitrogens with zero attached hydrogens (tertiary/aromatic N) is 2. The molecule has 1 aromatic carbocycles. The maximum Gasteiger partial charge on any atom is 0.106 e. The van der Waals surface area contributed by atoms with E-state index < -0.39 is 0 Å². The molecule has 2 aromatic rings. The number of aromatic nitrogens is 1. The number of nitrogen functional groups attached to an aromatic ring is 1. The fourth-order valence-electron chi connectivity index (χ4n) is 2.70. The molecule has 2 unspecified atom stereocenters. The summed E-state index contributed by atoms with van der Waals surface area (Å²) in [7, 11) is 0. The Kier molecular flexibility index (Phi) is 2.90. The molecule has 1 saturated heterocycles. The molecule has 0 aliphatic carbocycles. The number of benzene rings is 1. The summed E-state index contributed by atoms with van der Waals surface area (Å²) >= 11 is 1.65. The summed E-state index contributed by atoms with van der Waals surface area (Å²) in [4.78, 5) is 6.79. The Labute approximate surface area is 112 Å². The summed E-state index contributed by atoms with van der Waals surface area (Å²) in [6.45, 7) is 6.87. The predicted molar refractivity (Wildman–Crippen MR) is 79.2 cm³/mol. The third-order valence-electron chi connectivity index (χ3n) is 4.19. The Balaban J connectivity index is 1.96. The highest BCUT2D eigenvalue weighted by Crippen LogP contribution is 2.35. The van der Waals surface area contributed by atoms with Gasteiger partial charge in [-0.25, -0.2) is 4.98 Å². The van der Waals surface area contributed by atoms with E-state index in [-0.39, 0.29) is 0 Å². The van der Waals surface area contributed by atoms with Crippen molar-refractivity contribution in [2.45, 2.75) is 20.3 Å². The molecule has 1 aliphatic rings. The molecule has 1 aromatic heterocycles. The number of anilines is 2. The smallest absolute Gasteiger partial charge is 0.106 e. The van der Waals surface area contributed by atoms with E-state index in [1.807, 2.05) is 5.51 Å². The summed E-state index contributed by atoms with van der Waals surface area (Å²) < 4.78 is 1.18. The molecule has 4 heteroatoms. The van der Waals surface area contributed by atoms with Crippen LogP contribution in [0.25, 0.3) is 10.2 Å². The zero-order chi connectivity index (χ0) is 12.7. The van der Waals surface area contributed by atoms with Crippen molar-refractivity contribution < 1.29 is 0 Å². The van der Waals surface area contributed by atoms with Crippen LogP contribution in [-0.4, -0.2) is 18.1 Å². The summed E-state index contributed by atoms with van der Waals surface area (Å²) in [5.41, 5.74) is 11.1. The number of hydrogen-bond acceptors (Lipinski definition) is 4. The van der Waals surface area contributed by atoms with Gasteiger partial charge in [0.15, 0.2) is 0 Å². The molecule has 2 atom stereocenters. The lowest BCUT2D eigenvalue weighted by Gasteiger charge is -2.37. The van der Waals surface area contributed by atoms with Gasteiger partial charge in [-0.15, -0.1) is 11.3 Å². The van der Waals surface area contributed by atoms with Crippen LogP contribution in [0.4, 0.5) is 11.4 Å². The second-order valence-electron chi connectivity index (χ2n) is 5.39. The van der Waals surface area contributed by atoms with Crippen LogP contribution in [0.15, 0.2) is 17.6 Å². The third-order valence-corrected chi connectivity index (χ3v) is 4.99. The minimum atomic E-state index is 0.726. The van der Waals surface area contributed by atoms with Crippen molar-refractivity contribution in [1.82, 2.24) is 4.98 Å². The molecule has 3 nitrogen and oxygen atoms in total. The maximum absolute atomic E-state index is 6.28. The van der Waals surface area contributed by atoms with Gasteiger partial charge in [-0.2, -0.15) is 0 Å². The molecular formula is C14H19N3S. The zero-order valence-electron chi connectivity index (χ0n) is 10.9. The highest BCUT2D eigenvalue weighted by atomic mass is 32.1. The quantitative estimate of drug-likeness (QED) is 0.800. The van der Waals surface area contributed by atoms with Crippen LogP contribution >= 0.6 is 11.3 Å². The highest BCUT2D eigenvalue weighted by molar-refractivity contribution is 7.16. The van der Waals surface area contributed by atoms with Crippen LogP contribution in [-0.2, 0) is 0 Å². The largest absolute Gasteiger partial charge is 0.395 e. The van der Waals surface area contributed by atoms with Gasteiger partial charge in [-0.05, 0) is 30.4 Å². The van der Waals surface area contributed by atoms with Gasteiger partial charge in [0.1, 0.15) is 5.52 Å². The molecule has 0 spiro atoms. The molecule has 0 saturated carbocycles. The van der Waals surface area contributed by atoms with Gasteiger partial charge in [-0.3, -0.25) is 0 Å². The molecule has 1 fully saturated rings. The Morgan fingerprint density at radius 1 is 1.33 bits per heavy atom. The van der Waals surface area contributed by atoms with E-state index in [9.17, 15) is 0 Å². The fraction of sp³-hybridized carbons (Fsp3) is 0.500. The lowest BCUT2D eigenvalue weighted by atomic mass is 9.88. The molecule has 0 amide bonds. The van der Waals surface area contributed by atoms with Gasteiger partial charge in [0.25, 0.3) is 0 Å². The van der Waals surface area contributed by atoms with Gasteiger partial charge in [0.2, 0.25) is 0 Å². The number of rotatable bonds is 1. The first-order valence-electron chi connectivity index (χ1n) is 6.53. The molecule has 2 N–H and O–H groups in total. The van der Waals surface area contributed by atoms with Crippen molar-refractivity contribution in [3.05, 3.63) is 17.6 Å². The molecule has 96 valence electrons. The lowest BCUT2D eigenvalue weighted by Crippen LogP contribution is -2.38. The number of piperidine rings is 1. The molecule has 3 rings (SSSR count). The van der Waals surface area contributed by atoms with Gasteiger partial charge in [0, 0.05) is 13.1 Å². The Morgan fingerprint density at radius 2 is 2.17 bits per heavy atom. The molecular weight excluding hydrogens is 242 g/mol. The van der Waals surface area contributed by atoms with E-state index in [4.69, 9.17) is 5.73 Å². The predicted octanol–water partition coefficient (Wildman–Crippen LogP) is 3.36. The third kappa shape index (κ3) is 1.85. The minimum absolute atomic E-state index is 0.726. The zero-order valence-corrected chi connectivity index (χ0v) is 11.7. The second-order valence-corrected chi connectivity index (χ2v) is 6.27. The SMILES string of the molecule is CC1CCN(c2ccc3scnc3c2N)CC1C. The van der Waals surface area contributed by atoms with Crippen LogP contribution in [0.1, 0.15) is 20.3 Å². The van der Waals surface area contributed by atoms with Gasteiger partial charge < -0.3 is 10.6 Å². The number of nitrogens with two attached hydrogens (primary N) is 1. The van der Waals surface area contributed by atoms with Crippen molar-refractivity contribution in [3.8, 4) is 0 Å². The normalized spacial score (nSPS) is 24.7. The number of thiazole rings is 1. The summed E-state index contributed by atoms with van der Waals surface area (Å²) in [6.07, 6.45) is 1.25. The van der Waals surface area contributed by atoms with Crippen molar-refractivity contribution in [2.75, 3.05) is 23.7 Å². The van der Waals surface area contributed by atoms with E-state index in [0.717, 1.165) is 41.8 Å². The van der Waals surface area contributed by atoms with E-state index in [1.165, 1.54) is 11.1 Å². The average Bonchev–Trinajstić information content (AvgIpc) is 2.83. The summed E-state index contributed by atoms with van der Waals surface area (Å²) in [6, 6.07) is 4.29. The first-order valence-corrected chi connectivity index (χ1v) is 7.41. The van der Waals surface area contributed by atoms with Crippen molar-refractivity contribution in [1.29, 1.82) is 0 Å². The number of hydrogen-bond donors (Lipinski definition) is 1. The van der Waals surface area contributed by atoms with Gasteiger partial charge in [-0.1, -0.05) is 13.8 Å². The number of fused-ring (bicyclic) bond motifs is 1. The van der Waals surface area contributed by atoms with Gasteiger partial charge in [0.05, 0.1) is 21.6 Å². The Bertz CT molecular complexity index is 563. The molecule has 2 heterocycles. The van der Waals surface area contributed by atoms with Crippen molar-refractivity contribution in [3.63, 3.8) is 0 Å². The Hall–Kier alpha value is -1.29. The van der Waals surface area contributed by atoms with Crippen molar-refractivity contribution >= 4 is 32.9 Å². The highest BCUT2D eigenvalue weighted by Gasteiger charge is 2.24.